The molecule has 14 heavy (non-hydrogen) atoms. The van der Waals surface area contributed by atoms with Crippen LogP contribution in [0.1, 0.15) is 24.9 Å². The van der Waals surface area contributed by atoms with E-state index in [1.165, 1.54) is 0 Å². The molecule has 0 heterocycles. The van der Waals surface area contributed by atoms with E-state index in [1.54, 1.807) is 6.08 Å². The van der Waals surface area contributed by atoms with Crippen molar-refractivity contribution in [2.45, 2.75) is 19.4 Å². The van der Waals surface area contributed by atoms with Crippen molar-refractivity contribution in [1.82, 2.24) is 0 Å². The monoisotopic (exact) mass is 191 g/mol. The Morgan fingerprint density at radius 2 is 2.36 bits per heavy atom. The molecular weight excluding hydrogens is 174 g/mol. The summed E-state index contributed by atoms with van der Waals surface area (Å²) in [5.41, 5.74) is 6.85. The molecule has 0 spiro atoms. The maximum absolute atomic E-state index is 5.82. The van der Waals surface area contributed by atoms with Crippen LogP contribution in [0.3, 0.4) is 0 Å². The van der Waals surface area contributed by atoms with Crippen molar-refractivity contribution >= 4 is 0 Å². The molecule has 0 aromatic heterocycles. The quantitative estimate of drug-likeness (QED) is 0.726. The highest BCUT2D eigenvalue weighted by Gasteiger charge is 2.01. The first-order valence-electron chi connectivity index (χ1n) is 4.88. The minimum absolute atomic E-state index is 0.111. The first kappa shape index (κ1) is 10.8. The van der Waals surface area contributed by atoms with Crippen molar-refractivity contribution in [3.63, 3.8) is 0 Å². The number of nitrogens with two attached hydrogens (primary N) is 1. The summed E-state index contributed by atoms with van der Waals surface area (Å²) in [4.78, 5) is 0. The Labute approximate surface area is 85.4 Å². The van der Waals surface area contributed by atoms with Crippen molar-refractivity contribution in [3.8, 4) is 5.75 Å². The Kier molecular flexibility index (Phi) is 4.20. The Hall–Kier alpha value is -1.28. The van der Waals surface area contributed by atoms with E-state index < -0.39 is 0 Å². The Bertz CT molecular complexity index is 296. The number of benzene rings is 1. The van der Waals surface area contributed by atoms with E-state index in [2.05, 4.69) is 13.5 Å². The third-order valence-corrected chi connectivity index (χ3v) is 1.97. The summed E-state index contributed by atoms with van der Waals surface area (Å²) in [5, 5.41) is 0. The molecule has 1 aromatic rings. The summed E-state index contributed by atoms with van der Waals surface area (Å²) in [6, 6.07) is 7.71. The van der Waals surface area contributed by atoms with Crippen molar-refractivity contribution in [3.05, 3.63) is 42.5 Å². The molecule has 0 aliphatic rings. The predicted octanol–water partition coefficient (Wildman–Crippen LogP) is 2.66. The van der Waals surface area contributed by atoms with Gasteiger partial charge in [0.15, 0.2) is 0 Å². The number of hydrogen-bond donors (Lipinski definition) is 1. The van der Waals surface area contributed by atoms with Crippen LogP contribution in [0.25, 0.3) is 0 Å². The number of ether oxygens (including phenoxy) is 1. The highest BCUT2D eigenvalue weighted by molar-refractivity contribution is 5.31. The van der Waals surface area contributed by atoms with E-state index in [1.807, 2.05) is 24.3 Å². The zero-order chi connectivity index (χ0) is 10.4. The lowest BCUT2D eigenvalue weighted by atomic mass is 10.1. The fraction of sp³-hybridized carbons (Fsp3) is 0.333. The summed E-state index contributed by atoms with van der Waals surface area (Å²) < 4.78 is 5.50. The first-order valence-corrected chi connectivity index (χ1v) is 4.88. The van der Waals surface area contributed by atoms with Crippen LogP contribution in [-0.4, -0.2) is 6.61 Å². The number of rotatable bonds is 5. The van der Waals surface area contributed by atoms with E-state index in [0.29, 0.717) is 0 Å². The van der Waals surface area contributed by atoms with Crippen LogP contribution in [0.15, 0.2) is 36.9 Å². The third-order valence-electron chi connectivity index (χ3n) is 1.97. The van der Waals surface area contributed by atoms with Crippen LogP contribution in [-0.2, 0) is 0 Å². The molecule has 1 atom stereocenters. The van der Waals surface area contributed by atoms with E-state index in [-0.39, 0.29) is 6.04 Å². The standard InChI is InChI=1S/C12H17NO/c1-3-8-14-11-7-5-6-10(9-11)12(13)4-2/h4-7,9,12H,2-3,8,13H2,1H3. The average Bonchev–Trinajstić information content (AvgIpc) is 2.25. The lowest BCUT2D eigenvalue weighted by molar-refractivity contribution is 0.317. The van der Waals surface area contributed by atoms with Crippen LogP contribution in [0.5, 0.6) is 5.75 Å². The summed E-state index contributed by atoms with van der Waals surface area (Å²) in [6.07, 6.45) is 2.73. The largest absolute Gasteiger partial charge is 0.494 e. The SMILES string of the molecule is C=CC(N)c1cccc(OCCC)c1. The molecule has 0 aliphatic carbocycles. The Morgan fingerprint density at radius 3 is 3.00 bits per heavy atom. The van der Waals surface area contributed by atoms with Gasteiger partial charge < -0.3 is 10.5 Å². The van der Waals surface area contributed by atoms with Gasteiger partial charge in [0.1, 0.15) is 5.75 Å². The molecule has 0 bridgehead atoms. The van der Waals surface area contributed by atoms with Crippen molar-refractivity contribution < 1.29 is 4.74 Å². The molecular formula is C12H17NO. The molecule has 0 saturated carbocycles. The van der Waals surface area contributed by atoms with Crippen molar-refractivity contribution in [1.29, 1.82) is 0 Å². The molecule has 0 amide bonds. The molecule has 1 unspecified atom stereocenters. The molecule has 0 radical (unpaired) electrons. The van der Waals surface area contributed by atoms with Crippen molar-refractivity contribution in [2.24, 2.45) is 5.73 Å². The maximum Gasteiger partial charge on any atom is 0.119 e. The second-order valence-corrected chi connectivity index (χ2v) is 3.18. The Morgan fingerprint density at radius 1 is 1.57 bits per heavy atom. The van der Waals surface area contributed by atoms with Gasteiger partial charge in [-0.2, -0.15) is 0 Å². The predicted molar refractivity (Wildman–Crippen MR) is 59.4 cm³/mol. The zero-order valence-corrected chi connectivity index (χ0v) is 8.57. The van der Waals surface area contributed by atoms with Gasteiger partial charge >= 0.3 is 0 Å². The van der Waals surface area contributed by atoms with Gasteiger partial charge in [0, 0.05) is 6.04 Å². The second kappa shape index (κ2) is 5.45. The van der Waals surface area contributed by atoms with E-state index in [4.69, 9.17) is 10.5 Å². The summed E-state index contributed by atoms with van der Waals surface area (Å²) in [5.74, 6) is 0.877. The van der Waals surface area contributed by atoms with Gasteiger partial charge in [-0.1, -0.05) is 25.1 Å². The molecule has 0 fully saturated rings. The fourth-order valence-corrected chi connectivity index (χ4v) is 1.17. The zero-order valence-electron chi connectivity index (χ0n) is 8.57. The Balaban J connectivity index is 2.73. The summed E-state index contributed by atoms with van der Waals surface area (Å²) in [6.45, 7) is 6.49. The van der Waals surface area contributed by atoms with Gasteiger partial charge in [0.2, 0.25) is 0 Å². The van der Waals surface area contributed by atoms with E-state index in [0.717, 1.165) is 24.3 Å². The topological polar surface area (TPSA) is 35.2 Å². The highest BCUT2D eigenvalue weighted by atomic mass is 16.5. The van der Waals surface area contributed by atoms with Gasteiger partial charge in [0.25, 0.3) is 0 Å². The van der Waals surface area contributed by atoms with Crippen LogP contribution < -0.4 is 10.5 Å². The molecule has 1 rings (SSSR count). The normalized spacial score (nSPS) is 12.1. The van der Waals surface area contributed by atoms with E-state index >= 15 is 0 Å². The molecule has 1 aromatic carbocycles. The molecule has 2 N–H and O–H groups in total. The highest BCUT2D eigenvalue weighted by Crippen LogP contribution is 2.18. The van der Waals surface area contributed by atoms with Gasteiger partial charge in [-0.25, -0.2) is 0 Å². The molecule has 76 valence electrons. The molecule has 0 saturated heterocycles. The lowest BCUT2D eigenvalue weighted by Crippen LogP contribution is -2.06. The maximum atomic E-state index is 5.82. The summed E-state index contributed by atoms with van der Waals surface area (Å²) >= 11 is 0. The van der Waals surface area contributed by atoms with Crippen LogP contribution in [0.4, 0.5) is 0 Å². The first-order chi connectivity index (χ1) is 6.77. The second-order valence-electron chi connectivity index (χ2n) is 3.18. The molecule has 2 heteroatoms. The fourth-order valence-electron chi connectivity index (χ4n) is 1.17. The van der Waals surface area contributed by atoms with Gasteiger partial charge in [-0.15, -0.1) is 6.58 Å². The van der Waals surface area contributed by atoms with Gasteiger partial charge in [-0.05, 0) is 24.1 Å². The lowest BCUT2D eigenvalue weighted by Gasteiger charge is -2.09. The molecule has 0 aliphatic heterocycles. The smallest absolute Gasteiger partial charge is 0.119 e. The molecule has 2 nitrogen and oxygen atoms in total. The van der Waals surface area contributed by atoms with Gasteiger partial charge in [-0.3, -0.25) is 0 Å². The van der Waals surface area contributed by atoms with Gasteiger partial charge in [0.05, 0.1) is 6.61 Å². The van der Waals surface area contributed by atoms with Crippen LogP contribution in [0, 0.1) is 0 Å². The van der Waals surface area contributed by atoms with Crippen LogP contribution >= 0.6 is 0 Å². The third kappa shape index (κ3) is 2.89. The minimum atomic E-state index is -0.111. The number of hydrogen-bond acceptors (Lipinski definition) is 2. The van der Waals surface area contributed by atoms with Crippen LogP contribution in [0.2, 0.25) is 0 Å². The van der Waals surface area contributed by atoms with Crippen molar-refractivity contribution in [2.75, 3.05) is 6.61 Å². The van der Waals surface area contributed by atoms with E-state index in [9.17, 15) is 0 Å². The minimum Gasteiger partial charge on any atom is -0.494 e. The average molecular weight is 191 g/mol. The summed E-state index contributed by atoms with van der Waals surface area (Å²) in [7, 11) is 0.